The second-order valence-corrected chi connectivity index (χ2v) is 5.99. The zero-order valence-electron chi connectivity index (χ0n) is 14.7. The molecule has 0 unspecified atom stereocenters. The first-order valence-electron chi connectivity index (χ1n) is 8.56. The molecule has 5 nitrogen and oxygen atoms in total. The number of unbranched alkanes of at least 4 members (excludes halogenated alkanes) is 3. The highest BCUT2D eigenvalue weighted by Crippen LogP contribution is 2.15. The largest absolute Gasteiger partial charge is 0.352 e. The van der Waals surface area contributed by atoms with Crippen LogP contribution in [0.15, 0.2) is 30.3 Å². The summed E-state index contributed by atoms with van der Waals surface area (Å²) in [6.45, 7) is 6.79. The summed E-state index contributed by atoms with van der Waals surface area (Å²) in [5.41, 5.74) is 3.37. The average molecular weight is 326 g/mol. The standard InChI is InChI=1S/C19H26N4O/c1-4-5-6-7-12-20-18(24)16-8-10-17(11-9-16)23-19-21-14(2)13-15(3)22-19/h8-11,13H,4-7,12H2,1-3H3,(H,20,24)(H,21,22,23). The van der Waals surface area contributed by atoms with Crippen molar-refractivity contribution in [2.75, 3.05) is 11.9 Å². The van der Waals surface area contributed by atoms with Crippen LogP contribution in [-0.2, 0) is 0 Å². The number of anilines is 2. The molecule has 1 aromatic heterocycles. The van der Waals surface area contributed by atoms with E-state index in [-0.39, 0.29) is 5.91 Å². The predicted octanol–water partition coefficient (Wildman–Crippen LogP) is 4.15. The quantitative estimate of drug-likeness (QED) is 0.715. The van der Waals surface area contributed by atoms with Crippen molar-refractivity contribution in [2.45, 2.75) is 46.5 Å². The Morgan fingerprint density at radius 1 is 1.00 bits per heavy atom. The number of amides is 1. The molecule has 1 amide bonds. The molecule has 24 heavy (non-hydrogen) atoms. The Kier molecular flexibility index (Phi) is 6.73. The van der Waals surface area contributed by atoms with Crippen molar-refractivity contribution in [2.24, 2.45) is 0 Å². The van der Waals surface area contributed by atoms with E-state index < -0.39 is 0 Å². The van der Waals surface area contributed by atoms with Gasteiger partial charge in [-0.05, 0) is 50.6 Å². The monoisotopic (exact) mass is 326 g/mol. The minimum atomic E-state index is -0.0271. The third kappa shape index (κ3) is 5.65. The summed E-state index contributed by atoms with van der Waals surface area (Å²) < 4.78 is 0. The SMILES string of the molecule is CCCCCCNC(=O)c1ccc(Nc2nc(C)cc(C)n2)cc1. The average Bonchev–Trinajstić information content (AvgIpc) is 2.54. The van der Waals surface area contributed by atoms with E-state index in [1.54, 1.807) is 0 Å². The van der Waals surface area contributed by atoms with Gasteiger partial charge in [0.15, 0.2) is 0 Å². The smallest absolute Gasteiger partial charge is 0.251 e. The Morgan fingerprint density at radius 3 is 2.29 bits per heavy atom. The lowest BCUT2D eigenvalue weighted by Crippen LogP contribution is -2.24. The van der Waals surface area contributed by atoms with Crippen LogP contribution in [0, 0.1) is 13.8 Å². The molecular formula is C19H26N4O. The van der Waals surface area contributed by atoms with Crippen molar-refractivity contribution in [3.63, 3.8) is 0 Å². The van der Waals surface area contributed by atoms with Crippen molar-refractivity contribution in [3.8, 4) is 0 Å². The van der Waals surface area contributed by atoms with E-state index in [4.69, 9.17) is 0 Å². The fourth-order valence-corrected chi connectivity index (χ4v) is 2.47. The van der Waals surface area contributed by atoms with Gasteiger partial charge < -0.3 is 10.6 Å². The molecule has 0 atom stereocenters. The molecule has 1 aromatic carbocycles. The molecule has 0 saturated heterocycles. The van der Waals surface area contributed by atoms with Crippen molar-refractivity contribution >= 4 is 17.5 Å². The molecule has 0 bridgehead atoms. The molecule has 0 radical (unpaired) electrons. The van der Waals surface area contributed by atoms with E-state index in [9.17, 15) is 4.79 Å². The lowest BCUT2D eigenvalue weighted by molar-refractivity contribution is 0.0953. The van der Waals surface area contributed by atoms with Crippen molar-refractivity contribution in [1.82, 2.24) is 15.3 Å². The van der Waals surface area contributed by atoms with Crippen molar-refractivity contribution < 1.29 is 4.79 Å². The molecule has 0 aliphatic rings. The molecule has 1 heterocycles. The molecule has 2 aromatic rings. The van der Waals surface area contributed by atoms with E-state index in [1.165, 1.54) is 12.8 Å². The number of hydrogen-bond acceptors (Lipinski definition) is 4. The van der Waals surface area contributed by atoms with E-state index in [0.717, 1.165) is 36.5 Å². The first kappa shape index (κ1) is 17.9. The number of carbonyl (C=O) groups is 1. The number of hydrogen-bond donors (Lipinski definition) is 2. The topological polar surface area (TPSA) is 66.9 Å². The zero-order chi connectivity index (χ0) is 17.4. The fraction of sp³-hybridized carbons (Fsp3) is 0.421. The van der Waals surface area contributed by atoms with E-state index in [2.05, 4.69) is 27.5 Å². The van der Waals surface area contributed by atoms with Gasteiger partial charge in [0, 0.05) is 29.2 Å². The van der Waals surface area contributed by atoms with Crippen LogP contribution in [0.25, 0.3) is 0 Å². The van der Waals surface area contributed by atoms with Crippen LogP contribution in [0.5, 0.6) is 0 Å². The van der Waals surface area contributed by atoms with Gasteiger partial charge in [0.25, 0.3) is 5.91 Å². The summed E-state index contributed by atoms with van der Waals surface area (Å²) in [6, 6.07) is 9.29. The molecule has 5 heteroatoms. The summed E-state index contributed by atoms with van der Waals surface area (Å²) in [6.07, 6.45) is 4.61. The van der Waals surface area contributed by atoms with E-state index >= 15 is 0 Å². The molecule has 0 aliphatic carbocycles. The highest BCUT2D eigenvalue weighted by Gasteiger charge is 2.05. The van der Waals surface area contributed by atoms with Crippen LogP contribution in [0.1, 0.15) is 54.4 Å². The maximum atomic E-state index is 12.1. The Labute approximate surface area is 143 Å². The van der Waals surface area contributed by atoms with Gasteiger partial charge in [0.1, 0.15) is 0 Å². The third-order valence-electron chi connectivity index (χ3n) is 3.70. The molecule has 128 valence electrons. The summed E-state index contributed by atoms with van der Waals surface area (Å²) in [7, 11) is 0. The van der Waals surface area contributed by atoms with Crippen LogP contribution < -0.4 is 10.6 Å². The lowest BCUT2D eigenvalue weighted by atomic mass is 10.2. The Hall–Kier alpha value is -2.43. The third-order valence-corrected chi connectivity index (χ3v) is 3.70. The maximum absolute atomic E-state index is 12.1. The highest BCUT2D eigenvalue weighted by molar-refractivity contribution is 5.94. The first-order valence-corrected chi connectivity index (χ1v) is 8.56. The van der Waals surface area contributed by atoms with Gasteiger partial charge in [-0.3, -0.25) is 4.79 Å². The normalized spacial score (nSPS) is 10.5. The number of nitrogens with one attached hydrogen (secondary N) is 2. The van der Waals surface area contributed by atoms with Gasteiger partial charge in [-0.15, -0.1) is 0 Å². The van der Waals surface area contributed by atoms with Gasteiger partial charge in [-0.1, -0.05) is 26.2 Å². The number of aromatic nitrogens is 2. The summed E-state index contributed by atoms with van der Waals surface area (Å²) in [5.74, 6) is 0.543. The highest BCUT2D eigenvalue weighted by atomic mass is 16.1. The van der Waals surface area contributed by atoms with Crippen molar-refractivity contribution in [3.05, 3.63) is 47.3 Å². The molecule has 0 aliphatic heterocycles. The molecular weight excluding hydrogens is 300 g/mol. The number of benzene rings is 1. The Morgan fingerprint density at radius 2 is 1.67 bits per heavy atom. The van der Waals surface area contributed by atoms with Gasteiger partial charge in [-0.2, -0.15) is 0 Å². The number of rotatable bonds is 8. The predicted molar refractivity (Wildman–Crippen MR) is 97.7 cm³/mol. The number of aryl methyl sites for hydroxylation is 2. The second kappa shape index (κ2) is 9.01. The van der Waals surface area contributed by atoms with Crippen LogP contribution >= 0.6 is 0 Å². The van der Waals surface area contributed by atoms with Crippen LogP contribution in [0.2, 0.25) is 0 Å². The molecule has 2 N–H and O–H groups in total. The zero-order valence-corrected chi connectivity index (χ0v) is 14.7. The maximum Gasteiger partial charge on any atom is 0.251 e. The molecule has 0 saturated carbocycles. The van der Waals surface area contributed by atoms with Gasteiger partial charge in [0.05, 0.1) is 0 Å². The van der Waals surface area contributed by atoms with Gasteiger partial charge in [-0.25, -0.2) is 9.97 Å². The van der Waals surface area contributed by atoms with Crippen LogP contribution in [0.4, 0.5) is 11.6 Å². The van der Waals surface area contributed by atoms with Crippen LogP contribution in [0.3, 0.4) is 0 Å². The summed E-state index contributed by atoms with van der Waals surface area (Å²) >= 11 is 0. The summed E-state index contributed by atoms with van der Waals surface area (Å²) in [5, 5.41) is 6.12. The van der Waals surface area contributed by atoms with Crippen molar-refractivity contribution in [1.29, 1.82) is 0 Å². The van der Waals surface area contributed by atoms with E-state index in [0.29, 0.717) is 11.5 Å². The fourth-order valence-electron chi connectivity index (χ4n) is 2.47. The minimum absolute atomic E-state index is 0.0271. The van der Waals surface area contributed by atoms with E-state index in [1.807, 2.05) is 44.2 Å². The minimum Gasteiger partial charge on any atom is -0.352 e. The Bertz CT molecular complexity index is 647. The Balaban J connectivity index is 1.89. The second-order valence-electron chi connectivity index (χ2n) is 5.99. The first-order chi connectivity index (χ1) is 11.6. The van der Waals surface area contributed by atoms with Gasteiger partial charge in [0.2, 0.25) is 5.95 Å². The molecule has 2 rings (SSSR count). The molecule has 0 fully saturated rings. The number of carbonyl (C=O) groups excluding carboxylic acids is 1. The molecule has 0 spiro atoms. The summed E-state index contributed by atoms with van der Waals surface area (Å²) in [4.78, 5) is 20.8. The lowest BCUT2D eigenvalue weighted by Gasteiger charge is -2.08. The number of nitrogens with zero attached hydrogens (tertiary/aromatic N) is 2. The van der Waals surface area contributed by atoms with Gasteiger partial charge >= 0.3 is 0 Å². The van der Waals surface area contributed by atoms with Crippen LogP contribution in [-0.4, -0.2) is 22.4 Å².